The predicted molar refractivity (Wildman–Crippen MR) is 92.8 cm³/mol. The van der Waals surface area contributed by atoms with E-state index < -0.39 is 0 Å². The van der Waals surface area contributed by atoms with Gasteiger partial charge in [-0.05, 0) is 54.9 Å². The Balaban J connectivity index is 1.67. The Kier molecular flexibility index (Phi) is 5.07. The molecule has 22 heavy (non-hydrogen) atoms. The molecule has 116 valence electrons. The van der Waals surface area contributed by atoms with Gasteiger partial charge < -0.3 is 4.74 Å². The van der Waals surface area contributed by atoms with Crippen molar-refractivity contribution in [1.29, 1.82) is 0 Å². The molecule has 2 atom stereocenters. The fourth-order valence-corrected chi connectivity index (χ4v) is 3.41. The Morgan fingerprint density at radius 3 is 2.09 bits per heavy atom. The van der Waals surface area contributed by atoms with Crippen LogP contribution in [-0.4, -0.2) is 13.2 Å². The van der Waals surface area contributed by atoms with E-state index in [1.54, 1.807) is 0 Å². The Bertz CT molecular complexity index is 636. The lowest BCUT2D eigenvalue weighted by molar-refractivity contribution is 0.180. The molecular weight excluding hydrogens is 315 g/mol. The fraction of sp³-hybridized carbons (Fsp3) is 0.368. The lowest BCUT2D eigenvalue weighted by atomic mass is 9.85. The monoisotopic (exact) mass is 334 g/mol. The molecule has 0 amide bonds. The molecule has 0 radical (unpaired) electrons. The van der Waals surface area contributed by atoms with Crippen molar-refractivity contribution < 1.29 is 4.74 Å². The number of halogens is 2. The minimum Gasteiger partial charge on any atom is -0.381 e. The molecule has 0 N–H and O–H groups in total. The summed E-state index contributed by atoms with van der Waals surface area (Å²) in [6.45, 7) is 3.80. The maximum Gasteiger partial charge on any atom is 0.0595 e. The van der Waals surface area contributed by atoms with Crippen LogP contribution in [0.5, 0.6) is 0 Å². The van der Waals surface area contributed by atoms with Crippen molar-refractivity contribution in [1.82, 2.24) is 0 Å². The van der Waals surface area contributed by atoms with Gasteiger partial charge in [0.15, 0.2) is 0 Å². The van der Waals surface area contributed by atoms with Gasteiger partial charge >= 0.3 is 0 Å². The van der Waals surface area contributed by atoms with E-state index in [0.717, 1.165) is 26.1 Å². The highest BCUT2D eigenvalue weighted by molar-refractivity contribution is 6.42. The molecule has 0 unspecified atom stereocenters. The van der Waals surface area contributed by atoms with Crippen LogP contribution < -0.4 is 0 Å². The molecule has 3 heteroatoms. The maximum absolute atomic E-state index is 6.12. The van der Waals surface area contributed by atoms with Crippen LogP contribution in [0.2, 0.25) is 10.0 Å². The van der Waals surface area contributed by atoms with E-state index in [1.807, 2.05) is 12.1 Å². The number of benzene rings is 2. The Labute approximate surface area is 142 Å². The summed E-state index contributed by atoms with van der Waals surface area (Å²) in [6.07, 6.45) is 2.07. The van der Waals surface area contributed by atoms with Crippen molar-refractivity contribution in [2.75, 3.05) is 13.2 Å². The maximum atomic E-state index is 6.12. The molecule has 2 aromatic rings. The third-order valence-corrected chi connectivity index (χ3v) is 5.17. The molecule has 0 aromatic heterocycles. The van der Waals surface area contributed by atoms with Crippen LogP contribution in [0.25, 0.3) is 0 Å². The highest BCUT2D eigenvalue weighted by Gasteiger charge is 2.28. The minimum atomic E-state index is 0.540. The zero-order valence-corrected chi connectivity index (χ0v) is 14.2. The Hall–Kier alpha value is -1.02. The molecule has 1 aliphatic heterocycles. The van der Waals surface area contributed by atoms with Crippen molar-refractivity contribution in [3.8, 4) is 0 Å². The zero-order valence-electron chi connectivity index (χ0n) is 12.7. The zero-order chi connectivity index (χ0) is 15.5. The summed E-state index contributed by atoms with van der Waals surface area (Å²) < 4.78 is 5.73. The fourth-order valence-electron chi connectivity index (χ4n) is 3.09. The summed E-state index contributed by atoms with van der Waals surface area (Å²) in [7, 11) is 0. The smallest absolute Gasteiger partial charge is 0.0595 e. The summed E-state index contributed by atoms with van der Waals surface area (Å²) in [5.41, 5.74) is 3.93. The van der Waals surface area contributed by atoms with Gasteiger partial charge in [-0.25, -0.2) is 0 Å². The number of hydrogen-bond donors (Lipinski definition) is 0. The van der Waals surface area contributed by atoms with Gasteiger partial charge in [0.05, 0.1) is 23.3 Å². The van der Waals surface area contributed by atoms with Crippen LogP contribution in [-0.2, 0) is 17.6 Å². The van der Waals surface area contributed by atoms with Crippen molar-refractivity contribution >= 4 is 23.2 Å². The minimum absolute atomic E-state index is 0.540. The molecule has 0 saturated carbocycles. The van der Waals surface area contributed by atoms with Gasteiger partial charge in [0, 0.05) is 0 Å². The third kappa shape index (κ3) is 3.84. The molecular formula is C19H20Cl2O. The molecule has 1 heterocycles. The quantitative estimate of drug-likeness (QED) is 0.732. The van der Waals surface area contributed by atoms with E-state index in [1.165, 1.54) is 16.7 Å². The standard InChI is InChI=1S/C19H20Cl2O/c1-13-2-4-14(5-3-13)8-16-11-22-12-17(16)9-15-6-7-18(20)19(21)10-15/h2-7,10,16-17H,8-9,11-12H2,1H3/t16-,17-/m0/s1. The van der Waals surface area contributed by atoms with Crippen LogP contribution in [0.1, 0.15) is 16.7 Å². The topological polar surface area (TPSA) is 9.23 Å². The summed E-state index contributed by atoms with van der Waals surface area (Å²) in [5, 5.41) is 1.25. The van der Waals surface area contributed by atoms with E-state index in [2.05, 4.69) is 37.3 Å². The lowest BCUT2D eigenvalue weighted by Crippen LogP contribution is -2.17. The number of ether oxygens (including phenoxy) is 1. The van der Waals surface area contributed by atoms with Crippen LogP contribution in [0.4, 0.5) is 0 Å². The summed E-state index contributed by atoms with van der Waals surface area (Å²) in [6, 6.07) is 14.7. The van der Waals surface area contributed by atoms with Gasteiger partial charge in [0.1, 0.15) is 0 Å². The first kappa shape index (κ1) is 15.9. The second-order valence-corrected chi connectivity index (χ2v) is 7.01. The summed E-state index contributed by atoms with van der Waals surface area (Å²) in [5.74, 6) is 1.11. The van der Waals surface area contributed by atoms with Gasteiger partial charge in [-0.15, -0.1) is 0 Å². The average Bonchev–Trinajstić information content (AvgIpc) is 2.92. The Morgan fingerprint density at radius 1 is 0.864 bits per heavy atom. The summed E-state index contributed by atoms with van der Waals surface area (Å²) >= 11 is 12.1. The van der Waals surface area contributed by atoms with Crippen LogP contribution in [0.3, 0.4) is 0 Å². The number of aryl methyl sites for hydroxylation is 1. The molecule has 0 spiro atoms. The average molecular weight is 335 g/mol. The van der Waals surface area contributed by atoms with E-state index in [9.17, 15) is 0 Å². The van der Waals surface area contributed by atoms with Crippen LogP contribution in [0.15, 0.2) is 42.5 Å². The summed E-state index contributed by atoms with van der Waals surface area (Å²) in [4.78, 5) is 0. The third-order valence-electron chi connectivity index (χ3n) is 4.43. The molecule has 1 nitrogen and oxygen atoms in total. The molecule has 1 saturated heterocycles. The van der Waals surface area contributed by atoms with E-state index in [0.29, 0.717) is 21.9 Å². The van der Waals surface area contributed by atoms with Crippen LogP contribution in [0, 0.1) is 18.8 Å². The largest absolute Gasteiger partial charge is 0.381 e. The van der Waals surface area contributed by atoms with Crippen molar-refractivity contribution in [3.63, 3.8) is 0 Å². The van der Waals surface area contributed by atoms with Crippen LogP contribution >= 0.6 is 23.2 Å². The van der Waals surface area contributed by atoms with Gasteiger partial charge in [-0.2, -0.15) is 0 Å². The van der Waals surface area contributed by atoms with Crippen molar-refractivity contribution in [3.05, 3.63) is 69.2 Å². The molecule has 0 bridgehead atoms. The van der Waals surface area contributed by atoms with E-state index >= 15 is 0 Å². The lowest BCUT2D eigenvalue weighted by Gasteiger charge is -2.18. The highest BCUT2D eigenvalue weighted by atomic mass is 35.5. The van der Waals surface area contributed by atoms with Gasteiger partial charge in [0.2, 0.25) is 0 Å². The molecule has 3 rings (SSSR count). The highest BCUT2D eigenvalue weighted by Crippen LogP contribution is 2.30. The van der Waals surface area contributed by atoms with E-state index in [-0.39, 0.29) is 0 Å². The number of rotatable bonds is 4. The van der Waals surface area contributed by atoms with E-state index in [4.69, 9.17) is 27.9 Å². The predicted octanol–water partition coefficient (Wildman–Crippen LogP) is 5.35. The first-order valence-electron chi connectivity index (χ1n) is 7.69. The second-order valence-electron chi connectivity index (χ2n) is 6.20. The first-order chi connectivity index (χ1) is 10.6. The normalized spacial score (nSPS) is 21.2. The molecule has 1 fully saturated rings. The first-order valence-corrected chi connectivity index (χ1v) is 8.44. The van der Waals surface area contributed by atoms with Gasteiger partial charge in [-0.1, -0.05) is 59.1 Å². The van der Waals surface area contributed by atoms with Gasteiger partial charge in [0.25, 0.3) is 0 Å². The second kappa shape index (κ2) is 7.04. The SMILES string of the molecule is Cc1ccc(C[C@H]2COC[C@@H]2Cc2ccc(Cl)c(Cl)c2)cc1. The number of hydrogen-bond acceptors (Lipinski definition) is 1. The van der Waals surface area contributed by atoms with Gasteiger partial charge in [-0.3, -0.25) is 0 Å². The molecule has 2 aromatic carbocycles. The van der Waals surface area contributed by atoms with Crippen molar-refractivity contribution in [2.45, 2.75) is 19.8 Å². The van der Waals surface area contributed by atoms with Crippen molar-refractivity contribution in [2.24, 2.45) is 11.8 Å². The molecule has 1 aliphatic rings. The molecule has 0 aliphatic carbocycles. The Morgan fingerprint density at radius 2 is 1.45 bits per heavy atom.